The number of aromatic amines is 1. The molecule has 7 nitrogen and oxygen atoms in total. The zero-order valence-electron chi connectivity index (χ0n) is 13.2. The molecule has 0 aliphatic heterocycles. The number of H-pyrrole nitrogens is 1. The molecule has 1 aromatic carbocycles. The van der Waals surface area contributed by atoms with Gasteiger partial charge in [0, 0.05) is 16.8 Å². The predicted octanol–water partition coefficient (Wildman–Crippen LogP) is 2.24. The standard InChI is InChI=1S/C16H17N5O2/c1-4-21-19-16(18-20-21)14-9(2)13(10(3)17-14)15(23)11-6-5-7-12(22)8-11/h5-8,17,22H,4H2,1-3H3. The molecule has 0 saturated carbocycles. The number of nitrogens with zero attached hydrogens (tertiary/aromatic N) is 4. The summed E-state index contributed by atoms with van der Waals surface area (Å²) in [7, 11) is 0. The summed E-state index contributed by atoms with van der Waals surface area (Å²) < 4.78 is 0. The van der Waals surface area contributed by atoms with Crippen molar-refractivity contribution < 1.29 is 9.90 Å². The maximum atomic E-state index is 12.8. The highest BCUT2D eigenvalue weighted by molar-refractivity contribution is 6.11. The molecule has 0 aliphatic rings. The van der Waals surface area contributed by atoms with Crippen LogP contribution >= 0.6 is 0 Å². The van der Waals surface area contributed by atoms with Crippen LogP contribution in [0.1, 0.15) is 34.1 Å². The van der Waals surface area contributed by atoms with E-state index >= 15 is 0 Å². The van der Waals surface area contributed by atoms with Gasteiger partial charge in [-0.25, -0.2) is 0 Å². The van der Waals surface area contributed by atoms with Gasteiger partial charge in [0.15, 0.2) is 5.78 Å². The van der Waals surface area contributed by atoms with Crippen molar-refractivity contribution in [1.29, 1.82) is 0 Å². The van der Waals surface area contributed by atoms with Gasteiger partial charge in [0.1, 0.15) is 5.75 Å². The molecular formula is C16H17N5O2. The molecule has 0 fully saturated rings. The van der Waals surface area contributed by atoms with Crippen molar-refractivity contribution in [3.8, 4) is 17.3 Å². The number of nitrogens with one attached hydrogen (secondary N) is 1. The lowest BCUT2D eigenvalue weighted by Crippen LogP contribution is -2.03. The van der Waals surface area contributed by atoms with Gasteiger partial charge in [0.05, 0.1) is 12.2 Å². The molecule has 0 saturated heterocycles. The minimum absolute atomic E-state index is 0.0643. The average Bonchev–Trinajstić information content (AvgIpc) is 3.11. The van der Waals surface area contributed by atoms with E-state index in [1.807, 2.05) is 20.8 Å². The Morgan fingerprint density at radius 2 is 2.13 bits per heavy atom. The van der Waals surface area contributed by atoms with Gasteiger partial charge in [0.25, 0.3) is 0 Å². The summed E-state index contributed by atoms with van der Waals surface area (Å²) in [5.74, 6) is 0.373. The Morgan fingerprint density at radius 3 is 2.78 bits per heavy atom. The first kappa shape index (κ1) is 15.0. The molecule has 0 amide bonds. The Labute approximate surface area is 133 Å². The first-order valence-electron chi connectivity index (χ1n) is 7.32. The first-order valence-corrected chi connectivity index (χ1v) is 7.32. The van der Waals surface area contributed by atoms with E-state index in [9.17, 15) is 9.90 Å². The van der Waals surface area contributed by atoms with E-state index in [1.54, 1.807) is 12.1 Å². The summed E-state index contributed by atoms with van der Waals surface area (Å²) in [5, 5.41) is 21.8. The van der Waals surface area contributed by atoms with E-state index in [0.29, 0.717) is 29.2 Å². The number of benzene rings is 1. The number of aromatic hydroxyl groups is 1. The van der Waals surface area contributed by atoms with E-state index in [-0.39, 0.29) is 11.5 Å². The molecule has 2 heterocycles. The smallest absolute Gasteiger partial charge is 0.221 e. The molecule has 0 aliphatic carbocycles. The van der Waals surface area contributed by atoms with Crippen molar-refractivity contribution in [2.75, 3.05) is 0 Å². The number of ketones is 1. The summed E-state index contributed by atoms with van der Waals surface area (Å²) in [6.07, 6.45) is 0. The lowest BCUT2D eigenvalue weighted by atomic mass is 9.99. The van der Waals surface area contributed by atoms with Crippen molar-refractivity contribution in [2.45, 2.75) is 27.3 Å². The third kappa shape index (κ3) is 2.61. The van der Waals surface area contributed by atoms with Crippen LogP contribution in [-0.4, -0.2) is 36.1 Å². The molecular weight excluding hydrogens is 294 g/mol. The molecule has 0 radical (unpaired) electrons. The van der Waals surface area contributed by atoms with Gasteiger partial charge < -0.3 is 10.1 Å². The van der Waals surface area contributed by atoms with Crippen LogP contribution in [0.2, 0.25) is 0 Å². The van der Waals surface area contributed by atoms with Gasteiger partial charge in [-0.3, -0.25) is 4.79 Å². The largest absolute Gasteiger partial charge is 0.508 e. The van der Waals surface area contributed by atoms with Gasteiger partial charge >= 0.3 is 0 Å². The van der Waals surface area contributed by atoms with Gasteiger partial charge in [0.2, 0.25) is 5.82 Å². The number of carbonyl (C=O) groups excluding carboxylic acids is 1. The molecule has 0 bridgehead atoms. The molecule has 2 aromatic heterocycles. The summed E-state index contributed by atoms with van der Waals surface area (Å²) in [6.45, 7) is 6.23. The number of phenolic OH excluding ortho intramolecular Hbond substituents is 1. The normalized spacial score (nSPS) is 10.9. The number of carbonyl (C=O) groups is 1. The number of tetrazole rings is 1. The highest BCUT2D eigenvalue weighted by atomic mass is 16.3. The van der Waals surface area contributed by atoms with Crippen LogP contribution in [0, 0.1) is 13.8 Å². The fourth-order valence-electron chi connectivity index (χ4n) is 2.58. The van der Waals surface area contributed by atoms with Crippen molar-refractivity contribution in [3.63, 3.8) is 0 Å². The summed E-state index contributed by atoms with van der Waals surface area (Å²) in [4.78, 5) is 17.4. The van der Waals surface area contributed by atoms with Crippen molar-refractivity contribution in [1.82, 2.24) is 25.2 Å². The Hall–Kier alpha value is -2.96. The van der Waals surface area contributed by atoms with Crippen LogP contribution in [0.4, 0.5) is 0 Å². The maximum Gasteiger partial charge on any atom is 0.221 e. The summed E-state index contributed by atoms with van der Waals surface area (Å²) in [6, 6.07) is 6.32. The van der Waals surface area contributed by atoms with Gasteiger partial charge in [-0.1, -0.05) is 12.1 Å². The van der Waals surface area contributed by atoms with Gasteiger partial charge in [-0.05, 0) is 43.7 Å². The fourth-order valence-corrected chi connectivity index (χ4v) is 2.58. The van der Waals surface area contributed by atoms with Crippen LogP contribution in [0.25, 0.3) is 11.5 Å². The molecule has 3 rings (SSSR count). The second-order valence-electron chi connectivity index (χ2n) is 5.31. The molecule has 0 atom stereocenters. The number of hydrogen-bond acceptors (Lipinski definition) is 5. The second-order valence-corrected chi connectivity index (χ2v) is 5.31. The van der Waals surface area contributed by atoms with Crippen LogP contribution < -0.4 is 0 Å². The number of hydrogen-bond donors (Lipinski definition) is 2. The third-order valence-corrected chi connectivity index (χ3v) is 3.73. The van der Waals surface area contributed by atoms with Crippen LogP contribution in [0.5, 0.6) is 5.75 Å². The topological polar surface area (TPSA) is 96.7 Å². The third-order valence-electron chi connectivity index (χ3n) is 3.73. The average molecular weight is 311 g/mol. The highest BCUT2D eigenvalue weighted by Crippen LogP contribution is 2.27. The van der Waals surface area contributed by atoms with Crippen molar-refractivity contribution in [3.05, 3.63) is 46.6 Å². The number of phenols is 1. The number of rotatable bonds is 4. The Balaban J connectivity index is 2.05. The molecule has 0 spiro atoms. The molecule has 118 valence electrons. The summed E-state index contributed by atoms with van der Waals surface area (Å²) >= 11 is 0. The molecule has 3 aromatic rings. The van der Waals surface area contributed by atoms with E-state index in [4.69, 9.17) is 0 Å². The quantitative estimate of drug-likeness (QED) is 0.720. The van der Waals surface area contributed by atoms with Crippen LogP contribution in [-0.2, 0) is 6.54 Å². The minimum atomic E-state index is -0.152. The van der Waals surface area contributed by atoms with Gasteiger partial charge in [-0.2, -0.15) is 4.80 Å². The lowest BCUT2D eigenvalue weighted by molar-refractivity contribution is 0.103. The van der Waals surface area contributed by atoms with Gasteiger partial charge in [-0.15, -0.1) is 10.2 Å². The monoisotopic (exact) mass is 311 g/mol. The summed E-state index contributed by atoms with van der Waals surface area (Å²) in [5.41, 5.74) is 3.20. The molecule has 0 unspecified atom stereocenters. The van der Waals surface area contributed by atoms with E-state index in [2.05, 4.69) is 20.4 Å². The van der Waals surface area contributed by atoms with Crippen molar-refractivity contribution in [2.24, 2.45) is 0 Å². The molecule has 7 heteroatoms. The highest BCUT2D eigenvalue weighted by Gasteiger charge is 2.22. The number of aryl methyl sites for hydroxylation is 2. The van der Waals surface area contributed by atoms with E-state index in [1.165, 1.54) is 16.9 Å². The Kier molecular flexibility index (Phi) is 3.69. The zero-order chi connectivity index (χ0) is 16.6. The molecule has 2 N–H and O–H groups in total. The predicted molar refractivity (Wildman–Crippen MR) is 84.3 cm³/mol. The zero-order valence-corrected chi connectivity index (χ0v) is 13.2. The van der Waals surface area contributed by atoms with E-state index in [0.717, 1.165) is 11.3 Å². The minimum Gasteiger partial charge on any atom is -0.508 e. The first-order chi connectivity index (χ1) is 11.0. The second kappa shape index (κ2) is 5.68. The van der Waals surface area contributed by atoms with E-state index < -0.39 is 0 Å². The Morgan fingerprint density at radius 1 is 1.35 bits per heavy atom. The number of aromatic nitrogens is 5. The maximum absolute atomic E-state index is 12.8. The van der Waals surface area contributed by atoms with Crippen LogP contribution in [0.3, 0.4) is 0 Å². The Bertz CT molecular complexity index is 878. The SMILES string of the molecule is CCn1nnc(-c2[nH]c(C)c(C(=O)c3cccc(O)c3)c2C)n1. The fraction of sp³-hybridized carbons (Fsp3) is 0.250. The molecule has 23 heavy (non-hydrogen) atoms. The lowest BCUT2D eigenvalue weighted by Gasteiger charge is -2.03. The van der Waals surface area contributed by atoms with Crippen LogP contribution in [0.15, 0.2) is 24.3 Å². The van der Waals surface area contributed by atoms with Crippen molar-refractivity contribution >= 4 is 5.78 Å².